The molecular weight excluding hydrogens is 312 g/mol. The van der Waals surface area contributed by atoms with E-state index in [2.05, 4.69) is 31.2 Å². The highest BCUT2D eigenvalue weighted by Gasteiger charge is 2.49. The van der Waals surface area contributed by atoms with Crippen molar-refractivity contribution in [3.63, 3.8) is 0 Å². The molecule has 3 aliphatic carbocycles. The van der Waals surface area contributed by atoms with Gasteiger partial charge in [0.05, 0.1) is 7.11 Å². The van der Waals surface area contributed by atoms with Crippen molar-refractivity contribution in [2.75, 3.05) is 7.11 Å². The lowest BCUT2D eigenvalue weighted by Crippen LogP contribution is -2.38. The maximum Gasteiger partial charge on any atom is 0.302 e. The Bertz CT molecular complexity index is 786. The first kappa shape index (κ1) is 16.4. The Hall–Kier alpha value is -2.03. The maximum atomic E-state index is 11.6. The van der Waals surface area contributed by atoms with Crippen LogP contribution in [0.3, 0.4) is 0 Å². The minimum absolute atomic E-state index is 0.0105. The second-order valence-corrected chi connectivity index (χ2v) is 7.44. The van der Waals surface area contributed by atoms with Crippen LogP contribution in [0.1, 0.15) is 57.1 Å². The Morgan fingerprint density at radius 2 is 2.08 bits per heavy atom. The van der Waals surface area contributed by atoms with Gasteiger partial charge in [-0.1, -0.05) is 19.1 Å². The SMILES string of the molecule is CCC12CCC3=C(CCc4cc(OC)ccc43)C1=CC[C@@H]2OC(C)=O. The van der Waals surface area contributed by atoms with Crippen LogP contribution in [0.4, 0.5) is 0 Å². The van der Waals surface area contributed by atoms with E-state index >= 15 is 0 Å². The van der Waals surface area contributed by atoms with Gasteiger partial charge in [-0.15, -0.1) is 0 Å². The molecule has 0 saturated carbocycles. The summed E-state index contributed by atoms with van der Waals surface area (Å²) in [5.74, 6) is 0.782. The molecule has 3 nitrogen and oxygen atoms in total. The molecule has 0 N–H and O–H groups in total. The van der Waals surface area contributed by atoms with Crippen molar-refractivity contribution in [1.82, 2.24) is 0 Å². The van der Waals surface area contributed by atoms with Crippen molar-refractivity contribution in [3.8, 4) is 5.75 Å². The zero-order valence-electron chi connectivity index (χ0n) is 15.4. The number of methoxy groups -OCH3 is 1. The highest BCUT2D eigenvalue weighted by molar-refractivity contribution is 5.79. The number of hydrogen-bond acceptors (Lipinski definition) is 3. The summed E-state index contributed by atoms with van der Waals surface area (Å²) >= 11 is 0. The molecule has 4 rings (SSSR count). The summed E-state index contributed by atoms with van der Waals surface area (Å²) in [6.45, 7) is 3.77. The first-order chi connectivity index (χ1) is 12.1. The number of ether oxygens (including phenoxy) is 2. The van der Waals surface area contributed by atoms with Gasteiger partial charge in [0.2, 0.25) is 0 Å². The van der Waals surface area contributed by atoms with Crippen molar-refractivity contribution in [2.45, 2.75) is 58.5 Å². The summed E-state index contributed by atoms with van der Waals surface area (Å²) < 4.78 is 11.1. The highest BCUT2D eigenvalue weighted by Crippen LogP contribution is 2.58. The summed E-state index contributed by atoms with van der Waals surface area (Å²) in [6.07, 6.45) is 8.51. The summed E-state index contributed by atoms with van der Waals surface area (Å²) in [7, 11) is 1.73. The Morgan fingerprint density at radius 3 is 2.80 bits per heavy atom. The molecule has 0 aromatic heterocycles. The van der Waals surface area contributed by atoms with Gasteiger partial charge >= 0.3 is 5.97 Å². The van der Waals surface area contributed by atoms with Crippen LogP contribution in [0.15, 0.2) is 35.4 Å². The average Bonchev–Trinajstić information content (AvgIpc) is 2.99. The van der Waals surface area contributed by atoms with Gasteiger partial charge in [-0.2, -0.15) is 0 Å². The summed E-state index contributed by atoms with van der Waals surface area (Å²) in [5.41, 5.74) is 7.29. The molecule has 0 heterocycles. The quantitative estimate of drug-likeness (QED) is 0.739. The number of fused-ring (bicyclic) bond motifs is 4. The summed E-state index contributed by atoms with van der Waals surface area (Å²) in [5, 5.41) is 0. The van der Waals surface area contributed by atoms with Crippen LogP contribution in [0.25, 0.3) is 5.57 Å². The Balaban J connectivity index is 1.75. The molecule has 25 heavy (non-hydrogen) atoms. The monoisotopic (exact) mass is 338 g/mol. The molecule has 3 heteroatoms. The van der Waals surface area contributed by atoms with Crippen molar-refractivity contribution >= 4 is 11.5 Å². The Labute approximate surface area is 149 Å². The van der Waals surface area contributed by atoms with Gasteiger partial charge in [-0.3, -0.25) is 4.79 Å². The topological polar surface area (TPSA) is 35.5 Å². The molecule has 0 fully saturated rings. The van der Waals surface area contributed by atoms with E-state index in [1.54, 1.807) is 7.11 Å². The van der Waals surface area contributed by atoms with Gasteiger partial charge in [-0.25, -0.2) is 0 Å². The number of aryl methyl sites for hydroxylation is 1. The molecule has 1 unspecified atom stereocenters. The zero-order chi connectivity index (χ0) is 17.6. The highest BCUT2D eigenvalue weighted by atomic mass is 16.5. The van der Waals surface area contributed by atoms with E-state index in [9.17, 15) is 4.79 Å². The minimum Gasteiger partial charge on any atom is -0.497 e. The van der Waals surface area contributed by atoms with E-state index in [0.29, 0.717) is 0 Å². The molecule has 3 aliphatic rings. The summed E-state index contributed by atoms with van der Waals surface area (Å²) in [6, 6.07) is 6.48. The fourth-order valence-electron chi connectivity index (χ4n) is 5.20. The lowest BCUT2D eigenvalue weighted by atomic mass is 9.63. The van der Waals surface area contributed by atoms with Gasteiger partial charge in [0.15, 0.2) is 0 Å². The fraction of sp³-hybridized carbons (Fsp3) is 0.500. The summed E-state index contributed by atoms with van der Waals surface area (Å²) in [4.78, 5) is 11.6. The van der Waals surface area contributed by atoms with Crippen LogP contribution in [0, 0.1) is 5.41 Å². The number of hydrogen-bond donors (Lipinski definition) is 0. The van der Waals surface area contributed by atoms with Crippen LogP contribution in [-0.2, 0) is 16.0 Å². The number of benzene rings is 1. The van der Waals surface area contributed by atoms with Crippen molar-refractivity contribution in [1.29, 1.82) is 0 Å². The minimum atomic E-state index is -0.159. The molecule has 0 bridgehead atoms. The third-order valence-electron chi connectivity index (χ3n) is 6.42. The normalized spacial score (nSPS) is 27.2. The molecular formula is C22H26O3. The lowest BCUT2D eigenvalue weighted by Gasteiger charge is -2.43. The van der Waals surface area contributed by atoms with Gasteiger partial charge in [0, 0.05) is 18.8 Å². The van der Waals surface area contributed by atoms with E-state index in [1.165, 1.54) is 34.8 Å². The molecule has 132 valence electrons. The standard InChI is InChI=1S/C22H26O3/c1-4-22-12-11-18-17-8-6-16(24-3)13-15(17)5-7-19(18)20(22)9-10-21(22)25-14(2)23/h6,8-9,13,21H,4-5,7,10-12H2,1-3H3/t21-,22?/m0/s1. The molecule has 2 atom stereocenters. The Morgan fingerprint density at radius 1 is 1.24 bits per heavy atom. The largest absolute Gasteiger partial charge is 0.497 e. The maximum absolute atomic E-state index is 11.6. The smallest absolute Gasteiger partial charge is 0.302 e. The van der Waals surface area contributed by atoms with Gasteiger partial charge in [-0.05, 0) is 72.1 Å². The second-order valence-electron chi connectivity index (χ2n) is 7.44. The first-order valence-electron chi connectivity index (χ1n) is 9.36. The van der Waals surface area contributed by atoms with Crippen molar-refractivity contribution < 1.29 is 14.3 Å². The number of carbonyl (C=O) groups is 1. The molecule has 0 radical (unpaired) electrons. The predicted molar refractivity (Wildman–Crippen MR) is 98.4 cm³/mol. The van der Waals surface area contributed by atoms with Crippen molar-refractivity contribution in [2.24, 2.45) is 5.41 Å². The molecule has 0 saturated heterocycles. The molecule has 0 amide bonds. The zero-order valence-corrected chi connectivity index (χ0v) is 15.4. The van der Waals surface area contributed by atoms with Crippen molar-refractivity contribution in [3.05, 3.63) is 46.5 Å². The first-order valence-corrected chi connectivity index (χ1v) is 9.36. The number of allylic oxidation sites excluding steroid dienone is 2. The van der Waals surface area contributed by atoms with Gasteiger partial charge in [0.25, 0.3) is 0 Å². The van der Waals surface area contributed by atoms with E-state index in [4.69, 9.17) is 9.47 Å². The fourth-order valence-corrected chi connectivity index (χ4v) is 5.20. The van der Waals surface area contributed by atoms with Crippen LogP contribution < -0.4 is 4.74 Å². The molecule has 0 aliphatic heterocycles. The number of rotatable bonds is 3. The van der Waals surface area contributed by atoms with Crippen LogP contribution in [0.5, 0.6) is 5.75 Å². The van der Waals surface area contributed by atoms with Gasteiger partial charge < -0.3 is 9.47 Å². The van der Waals surface area contributed by atoms with Gasteiger partial charge in [0.1, 0.15) is 11.9 Å². The predicted octanol–water partition coefficient (Wildman–Crippen LogP) is 4.85. The van der Waals surface area contributed by atoms with Crippen LogP contribution in [0.2, 0.25) is 0 Å². The third-order valence-corrected chi connectivity index (χ3v) is 6.42. The van der Waals surface area contributed by atoms with E-state index in [1.807, 2.05) is 0 Å². The molecule has 1 aromatic carbocycles. The van der Waals surface area contributed by atoms with E-state index < -0.39 is 0 Å². The van der Waals surface area contributed by atoms with E-state index in [-0.39, 0.29) is 17.5 Å². The molecule has 0 spiro atoms. The molecule has 1 aromatic rings. The second kappa shape index (κ2) is 6.05. The average molecular weight is 338 g/mol. The van der Waals surface area contributed by atoms with Crippen LogP contribution in [-0.4, -0.2) is 19.2 Å². The lowest BCUT2D eigenvalue weighted by molar-refractivity contribution is -0.151. The third kappa shape index (κ3) is 2.44. The van der Waals surface area contributed by atoms with Crippen LogP contribution >= 0.6 is 0 Å². The number of esters is 1. The number of carbonyl (C=O) groups excluding carboxylic acids is 1. The Kier molecular flexibility index (Phi) is 3.98. The van der Waals surface area contributed by atoms with E-state index in [0.717, 1.165) is 44.3 Å².